The van der Waals surface area contributed by atoms with E-state index in [-0.39, 0.29) is 11.9 Å². The molecule has 20 heavy (non-hydrogen) atoms. The maximum atomic E-state index is 12.1. The molecule has 0 saturated heterocycles. The summed E-state index contributed by atoms with van der Waals surface area (Å²) in [5.74, 6) is -0.216. The van der Waals surface area contributed by atoms with Gasteiger partial charge in [0, 0.05) is 0 Å². The number of rotatable bonds is 6. The van der Waals surface area contributed by atoms with Gasteiger partial charge in [0.25, 0.3) is 5.91 Å². The molecule has 1 amide bonds. The van der Waals surface area contributed by atoms with Crippen molar-refractivity contribution in [3.8, 4) is 0 Å². The predicted octanol–water partition coefficient (Wildman–Crippen LogP) is 1.23. The van der Waals surface area contributed by atoms with Crippen LogP contribution in [0.15, 0.2) is 36.5 Å². The Morgan fingerprint density at radius 1 is 1.35 bits per heavy atom. The van der Waals surface area contributed by atoms with Gasteiger partial charge in [-0.1, -0.05) is 30.3 Å². The minimum atomic E-state index is -0.216. The number of benzene rings is 1. The van der Waals surface area contributed by atoms with Gasteiger partial charge in [-0.15, -0.1) is 0 Å². The second kappa shape index (κ2) is 6.81. The van der Waals surface area contributed by atoms with Crippen molar-refractivity contribution in [2.24, 2.45) is 0 Å². The van der Waals surface area contributed by atoms with E-state index in [4.69, 9.17) is 0 Å². The Morgan fingerprint density at radius 3 is 2.70 bits per heavy atom. The fourth-order valence-electron chi connectivity index (χ4n) is 1.94. The molecule has 2 aromatic rings. The van der Waals surface area contributed by atoms with E-state index in [1.54, 1.807) is 0 Å². The summed E-state index contributed by atoms with van der Waals surface area (Å²) in [6, 6.07) is 9.90. The van der Waals surface area contributed by atoms with E-state index < -0.39 is 0 Å². The van der Waals surface area contributed by atoms with Gasteiger partial charge in [-0.2, -0.15) is 15.4 Å². The molecule has 6 nitrogen and oxygen atoms in total. The Balaban J connectivity index is 2.08. The molecule has 0 aliphatic rings. The van der Waals surface area contributed by atoms with Crippen LogP contribution in [0.3, 0.4) is 0 Å². The lowest BCUT2D eigenvalue weighted by atomic mass is 10.0. The number of nitrogens with zero attached hydrogens (tertiary/aromatic N) is 3. The predicted molar refractivity (Wildman–Crippen MR) is 76.2 cm³/mol. The van der Waals surface area contributed by atoms with E-state index in [1.165, 1.54) is 6.20 Å². The average Bonchev–Trinajstić information content (AvgIpc) is 2.98. The number of H-pyrrole nitrogens is 1. The zero-order valence-electron chi connectivity index (χ0n) is 11.7. The second-order valence-corrected chi connectivity index (χ2v) is 4.88. The second-order valence-electron chi connectivity index (χ2n) is 4.88. The molecule has 1 unspecified atom stereocenters. The molecule has 0 aliphatic carbocycles. The van der Waals surface area contributed by atoms with Crippen molar-refractivity contribution in [2.75, 3.05) is 20.6 Å². The molecule has 106 valence electrons. The monoisotopic (exact) mass is 273 g/mol. The summed E-state index contributed by atoms with van der Waals surface area (Å²) < 4.78 is 0. The van der Waals surface area contributed by atoms with E-state index in [1.807, 2.05) is 44.4 Å². The largest absolute Gasteiger partial charge is 0.344 e. The Labute approximate surface area is 118 Å². The molecule has 1 atom stereocenters. The number of hydrogen-bond donors (Lipinski definition) is 2. The summed E-state index contributed by atoms with van der Waals surface area (Å²) in [5, 5.41) is 12.9. The van der Waals surface area contributed by atoms with Crippen LogP contribution in [0, 0.1) is 0 Å². The van der Waals surface area contributed by atoms with Gasteiger partial charge >= 0.3 is 0 Å². The SMILES string of the molecule is CN(C)CCC(NC(=O)c1cn[nH]n1)c1ccccc1. The molecule has 6 heteroatoms. The molecule has 0 aliphatic heterocycles. The third-order valence-corrected chi connectivity index (χ3v) is 3.02. The van der Waals surface area contributed by atoms with Crippen molar-refractivity contribution in [3.05, 3.63) is 47.8 Å². The summed E-state index contributed by atoms with van der Waals surface area (Å²) in [5.41, 5.74) is 1.39. The fraction of sp³-hybridized carbons (Fsp3) is 0.357. The zero-order valence-corrected chi connectivity index (χ0v) is 11.7. The van der Waals surface area contributed by atoms with Crippen molar-refractivity contribution in [2.45, 2.75) is 12.5 Å². The highest BCUT2D eigenvalue weighted by Gasteiger charge is 2.17. The number of carbonyl (C=O) groups is 1. The molecule has 0 radical (unpaired) electrons. The van der Waals surface area contributed by atoms with E-state index in [9.17, 15) is 4.79 Å². The normalized spacial score (nSPS) is 12.3. The Hall–Kier alpha value is -2.21. The third-order valence-electron chi connectivity index (χ3n) is 3.02. The molecule has 2 N–H and O–H groups in total. The van der Waals surface area contributed by atoms with Crippen molar-refractivity contribution in [3.63, 3.8) is 0 Å². The van der Waals surface area contributed by atoms with Gasteiger partial charge in [0.2, 0.25) is 0 Å². The van der Waals surface area contributed by atoms with Crippen molar-refractivity contribution in [1.82, 2.24) is 25.6 Å². The number of aromatic nitrogens is 3. The van der Waals surface area contributed by atoms with Crippen LogP contribution in [-0.2, 0) is 0 Å². The Bertz CT molecular complexity index is 524. The van der Waals surface area contributed by atoms with Gasteiger partial charge < -0.3 is 10.2 Å². The van der Waals surface area contributed by atoms with Gasteiger partial charge in [0.1, 0.15) is 0 Å². The van der Waals surface area contributed by atoms with Gasteiger partial charge in [-0.3, -0.25) is 4.79 Å². The molecule has 0 bridgehead atoms. The standard InChI is InChI=1S/C14H19N5O/c1-19(2)9-8-12(11-6-4-3-5-7-11)16-14(20)13-10-15-18-17-13/h3-7,10,12H,8-9H2,1-2H3,(H,16,20)(H,15,17,18). The minimum absolute atomic E-state index is 0.0391. The summed E-state index contributed by atoms with van der Waals surface area (Å²) in [6.45, 7) is 0.888. The van der Waals surface area contributed by atoms with Crippen LogP contribution in [0.25, 0.3) is 0 Å². The third kappa shape index (κ3) is 3.89. The summed E-state index contributed by atoms with van der Waals surface area (Å²) in [6.07, 6.45) is 2.25. The number of amides is 1. The lowest BCUT2D eigenvalue weighted by molar-refractivity contribution is 0.0927. The molecular formula is C14H19N5O. The highest BCUT2D eigenvalue weighted by molar-refractivity contribution is 5.92. The molecule has 1 heterocycles. The fourth-order valence-corrected chi connectivity index (χ4v) is 1.94. The average molecular weight is 273 g/mol. The minimum Gasteiger partial charge on any atom is -0.344 e. The van der Waals surface area contributed by atoms with E-state index in [0.29, 0.717) is 5.69 Å². The lowest BCUT2D eigenvalue weighted by Crippen LogP contribution is -2.31. The van der Waals surface area contributed by atoms with Crippen molar-refractivity contribution < 1.29 is 4.79 Å². The van der Waals surface area contributed by atoms with Gasteiger partial charge in [-0.25, -0.2) is 0 Å². The van der Waals surface area contributed by atoms with Crippen molar-refractivity contribution >= 4 is 5.91 Å². The van der Waals surface area contributed by atoms with Crippen LogP contribution >= 0.6 is 0 Å². The number of carbonyl (C=O) groups excluding carboxylic acids is 1. The number of hydrogen-bond acceptors (Lipinski definition) is 4. The first-order valence-electron chi connectivity index (χ1n) is 6.53. The Kier molecular flexibility index (Phi) is 4.84. The molecule has 0 fully saturated rings. The molecular weight excluding hydrogens is 254 g/mol. The summed E-state index contributed by atoms with van der Waals surface area (Å²) in [7, 11) is 4.03. The summed E-state index contributed by atoms with van der Waals surface area (Å²) in [4.78, 5) is 14.2. The first-order chi connectivity index (χ1) is 9.66. The number of aromatic amines is 1. The molecule has 1 aromatic carbocycles. The van der Waals surface area contributed by atoms with Crippen molar-refractivity contribution in [1.29, 1.82) is 0 Å². The molecule has 0 spiro atoms. The smallest absolute Gasteiger partial charge is 0.273 e. The van der Waals surface area contributed by atoms with Gasteiger partial charge in [0.15, 0.2) is 5.69 Å². The Morgan fingerprint density at radius 2 is 2.10 bits per heavy atom. The topological polar surface area (TPSA) is 73.9 Å². The van der Waals surface area contributed by atoms with Crippen LogP contribution in [0.1, 0.15) is 28.5 Å². The van der Waals surface area contributed by atoms with Crippen LogP contribution in [0.5, 0.6) is 0 Å². The molecule has 2 rings (SSSR count). The van der Waals surface area contributed by atoms with Gasteiger partial charge in [0.05, 0.1) is 12.2 Å². The molecule has 1 aromatic heterocycles. The maximum Gasteiger partial charge on any atom is 0.273 e. The quantitative estimate of drug-likeness (QED) is 0.830. The van der Waals surface area contributed by atoms with Crippen LogP contribution < -0.4 is 5.32 Å². The van der Waals surface area contributed by atoms with E-state index in [2.05, 4.69) is 25.6 Å². The van der Waals surface area contributed by atoms with Crippen LogP contribution in [0.2, 0.25) is 0 Å². The lowest BCUT2D eigenvalue weighted by Gasteiger charge is -2.20. The first-order valence-corrected chi connectivity index (χ1v) is 6.53. The van der Waals surface area contributed by atoms with Crippen LogP contribution in [-0.4, -0.2) is 46.9 Å². The van der Waals surface area contributed by atoms with Gasteiger partial charge in [-0.05, 0) is 32.6 Å². The highest BCUT2D eigenvalue weighted by Crippen LogP contribution is 2.17. The van der Waals surface area contributed by atoms with E-state index >= 15 is 0 Å². The van der Waals surface area contributed by atoms with E-state index in [0.717, 1.165) is 18.5 Å². The van der Waals surface area contributed by atoms with Crippen LogP contribution in [0.4, 0.5) is 0 Å². The summed E-state index contributed by atoms with van der Waals surface area (Å²) >= 11 is 0. The highest BCUT2D eigenvalue weighted by atomic mass is 16.2. The number of nitrogens with one attached hydrogen (secondary N) is 2. The maximum absolute atomic E-state index is 12.1. The first kappa shape index (κ1) is 14.2. The molecule has 0 saturated carbocycles. The zero-order chi connectivity index (χ0) is 14.4.